The molecular formula is C29H23N4O5S+. The molecule has 39 heavy (non-hydrogen) atoms. The van der Waals surface area contributed by atoms with Crippen molar-refractivity contribution in [1.29, 1.82) is 0 Å². The molecule has 0 radical (unpaired) electrons. The van der Waals surface area contributed by atoms with Gasteiger partial charge in [-0.1, -0.05) is 47.1 Å². The number of nitrogens with one attached hydrogen (secondary N) is 1. The number of nitrogens with two attached hydrogens (primary N) is 1. The van der Waals surface area contributed by atoms with E-state index in [1.807, 2.05) is 60.7 Å². The fraction of sp³-hybridized carbons (Fsp3) is 0.103. The first-order valence-electron chi connectivity index (χ1n) is 12.0. The summed E-state index contributed by atoms with van der Waals surface area (Å²) in [6.45, 7) is 0. The number of carbonyl (C=O) groups excluding carboxylic acids is 1. The molecule has 3 aromatic heterocycles. The monoisotopic (exact) mass is 539 g/mol. The van der Waals surface area contributed by atoms with Crippen molar-refractivity contribution < 1.29 is 23.5 Å². The summed E-state index contributed by atoms with van der Waals surface area (Å²) in [5.41, 5.74) is 9.06. The SMILES string of the molecule is COc1ccc(-c2cc(-c3cccc4ccccc34)nc3sc(C(=O)c4c(=O)o[nH][n+]4C)c(N)c23)c(OC)c1. The normalized spacial score (nSPS) is 11.3. The van der Waals surface area contributed by atoms with E-state index >= 15 is 0 Å². The number of ether oxygens (including phenoxy) is 2. The fourth-order valence-corrected chi connectivity index (χ4v) is 5.86. The number of aryl methyl sites for hydroxylation is 1. The third-order valence-corrected chi connectivity index (χ3v) is 7.79. The molecule has 3 aromatic carbocycles. The molecule has 0 saturated carbocycles. The van der Waals surface area contributed by atoms with Crippen LogP contribution >= 0.6 is 11.3 Å². The van der Waals surface area contributed by atoms with E-state index < -0.39 is 11.4 Å². The van der Waals surface area contributed by atoms with Gasteiger partial charge in [-0.25, -0.2) is 9.78 Å². The van der Waals surface area contributed by atoms with E-state index in [0.29, 0.717) is 27.4 Å². The lowest BCUT2D eigenvalue weighted by molar-refractivity contribution is -0.741. The molecule has 0 saturated heterocycles. The van der Waals surface area contributed by atoms with Gasteiger partial charge in [0.05, 0.1) is 25.6 Å². The second kappa shape index (κ2) is 9.41. The molecule has 0 unspecified atom stereocenters. The maximum Gasteiger partial charge on any atom is 0.438 e. The summed E-state index contributed by atoms with van der Waals surface area (Å²) in [5, 5.41) is 5.09. The Morgan fingerprint density at radius 2 is 1.79 bits per heavy atom. The number of anilines is 1. The predicted molar refractivity (Wildman–Crippen MR) is 149 cm³/mol. The molecule has 3 heterocycles. The first-order valence-corrected chi connectivity index (χ1v) is 12.8. The Bertz CT molecular complexity index is 1970. The Hall–Kier alpha value is -4.96. The lowest BCUT2D eigenvalue weighted by Crippen LogP contribution is -2.39. The van der Waals surface area contributed by atoms with E-state index in [1.54, 1.807) is 20.3 Å². The van der Waals surface area contributed by atoms with Crippen molar-refractivity contribution in [1.82, 2.24) is 10.3 Å². The van der Waals surface area contributed by atoms with Gasteiger partial charge in [0.1, 0.15) is 21.2 Å². The fourth-order valence-electron chi connectivity index (χ4n) is 4.80. The molecule has 0 aliphatic rings. The first-order chi connectivity index (χ1) is 18.9. The smallest absolute Gasteiger partial charge is 0.438 e. The van der Waals surface area contributed by atoms with Crippen LogP contribution in [0.25, 0.3) is 43.4 Å². The molecule has 9 nitrogen and oxygen atoms in total. The Balaban J connectivity index is 1.68. The Labute approximate surface area is 226 Å². The van der Waals surface area contributed by atoms with Crippen molar-refractivity contribution in [3.8, 4) is 33.9 Å². The number of carbonyl (C=O) groups is 1. The van der Waals surface area contributed by atoms with Crippen LogP contribution in [0.3, 0.4) is 0 Å². The predicted octanol–water partition coefficient (Wildman–Crippen LogP) is 4.72. The summed E-state index contributed by atoms with van der Waals surface area (Å²) < 4.78 is 17.2. The minimum atomic E-state index is -0.777. The van der Waals surface area contributed by atoms with Gasteiger partial charge in [-0.2, -0.15) is 0 Å². The lowest BCUT2D eigenvalue weighted by Gasteiger charge is -2.14. The second-order valence-corrected chi connectivity index (χ2v) is 9.89. The molecule has 6 aromatic rings. The van der Waals surface area contributed by atoms with Gasteiger partial charge in [-0.3, -0.25) is 9.32 Å². The maximum atomic E-state index is 13.5. The van der Waals surface area contributed by atoms with Gasteiger partial charge in [0, 0.05) is 22.6 Å². The Morgan fingerprint density at radius 3 is 2.54 bits per heavy atom. The Morgan fingerprint density at radius 1 is 1.00 bits per heavy atom. The number of methoxy groups -OCH3 is 2. The number of hydrogen-bond donors (Lipinski definition) is 2. The number of pyridine rings is 1. The topological polar surface area (TPSA) is 124 Å². The second-order valence-electron chi connectivity index (χ2n) is 8.89. The minimum absolute atomic E-state index is 0.161. The van der Waals surface area contributed by atoms with Gasteiger partial charge in [-0.05, 0) is 39.8 Å². The minimum Gasteiger partial charge on any atom is -0.497 e. The number of aromatic amines is 1. The number of H-pyrrole nitrogens is 1. The number of ketones is 1. The zero-order chi connectivity index (χ0) is 27.3. The molecule has 0 aliphatic heterocycles. The quantitative estimate of drug-likeness (QED) is 0.232. The first kappa shape index (κ1) is 24.4. The third-order valence-electron chi connectivity index (χ3n) is 6.69. The number of nitrogen functional groups attached to an aromatic ring is 1. The average Bonchev–Trinajstić information content (AvgIpc) is 3.49. The maximum absolute atomic E-state index is 13.5. The average molecular weight is 540 g/mol. The highest BCUT2D eigenvalue weighted by molar-refractivity contribution is 7.21. The van der Waals surface area contributed by atoms with E-state index in [0.717, 1.165) is 38.8 Å². The molecule has 194 valence electrons. The van der Waals surface area contributed by atoms with Crippen molar-refractivity contribution in [3.05, 3.63) is 87.7 Å². The Kier molecular flexibility index (Phi) is 5.88. The number of nitrogens with zero attached hydrogens (tertiary/aromatic N) is 2. The van der Waals surface area contributed by atoms with Gasteiger partial charge in [0.2, 0.25) is 0 Å². The molecule has 0 bridgehead atoms. The number of hydrogen-bond acceptors (Lipinski definition) is 8. The van der Waals surface area contributed by atoms with Crippen molar-refractivity contribution >= 4 is 43.8 Å². The van der Waals surface area contributed by atoms with Gasteiger partial charge in [0.15, 0.2) is 7.05 Å². The van der Waals surface area contributed by atoms with Crippen LogP contribution in [0, 0.1) is 0 Å². The van der Waals surface area contributed by atoms with Crippen LogP contribution in [0.1, 0.15) is 15.4 Å². The highest BCUT2D eigenvalue weighted by atomic mass is 32.1. The molecule has 0 spiro atoms. The third kappa shape index (κ3) is 3.93. The van der Waals surface area contributed by atoms with E-state index in [9.17, 15) is 9.59 Å². The van der Waals surface area contributed by atoms with Gasteiger partial charge in [-0.15, -0.1) is 11.3 Å². The highest BCUT2D eigenvalue weighted by Crippen LogP contribution is 2.45. The van der Waals surface area contributed by atoms with Crippen LogP contribution in [0.5, 0.6) is 11.5 Å². The van der Waals surface area contributed by atoms with E-state index in [-0.39, 0.29) is 16.3 Å². The van der Waals surface area contributed by atoms with E-state index in [4.69, 9.17) is 24.7 Å². The molecule has 10 heteroatoms. The summed E-state index contributed by atoms with van der Waals surface area (Å²) >= 11 is 1.13. The number of aromatic nitrogens is 3. The summed E-state index contributed by atoms with van der Waals surface area (Å²) in [7, 11) is 4.69. The molecule has 0 amide bonds. The molecule has 6 rings (SSSR count). The van der Waals surface area contributed by atoms with Crippen LogP contribution < -0.4 is 25.5 Å². The summed E-state index contributed by atoms with van der Waals surface area (Å²) in [6.07, 6.45) is 0. The van der Waals surface area contributed by atoms with Crippen LogP contribution in [0.4, 0.5) is 5.69 Å². The number of fused-ring (bicyclic) bond motifs is 2. The van der Waals surface area contributed by atoms with E-state index in [2.05, 4.69) is 5.27 Å². The van der Waals surface area contributed by atoms with Crippen molar-refractivity contribution in [2.45, 2.75) is 0 Å². The van der Waals surface area contributed by atoms with Gasteiger partial charge in [0.25, 0.3) is 5.78 Å². The van der Waals surface area contributed by atoms with Gasteiger partial charge >= 0.3 is 11.3 Å². The van der Waals surface area contributed by atoms with E-state index in [1.165, 1.54) is 11.7 Å². The molecule has 0 aliphatic carbocycles. The van der Waals surface area contributed by atoms with Gasteiger partial charge < -0.3 is 15.2 Å². The summed E-state index contributed by atoms with van der Waals surface area (Å²) in [4.78, 5) is 31.5. The van der Waals surface area contributed by atoms with Crippen LogP contribution in [-0.2, 0) is 7.05 Å². The zero-order valence-corrected chi connectivity index (χ0v) is 22.1. The zero-order valence-electron chi connectivity index (χ0n) is 21.3. The van der Waals surface area contributed by atoms with Crippen LogP contribution in [-0.4, -0.2) is 30.3 Å². The van der Waals surface area contributed by atoms with Crippen LogP contribution in [0.2, 0.25) is 0 Å². The number of rotatable bonds is 6. The summed E-state index contributed by atoms with van der Waals surface area (Å²) in [5.74, 6) is 0.658. The standard InChI is InChI=1S/C29H22N4O5S/c1-33-25(29(35)38-32-33)26(34)27-24(30)23-20(19-12-11-16(36-2)13-22(19)37-3)14-21(31-28(23)39-27)18-10-6-8-15-7-4-5-9-17(15)18/h4-14H,1-3H3,(H2-,30,32,34,35)/p+1. The molecule has 0 fully saturated rings. The van der Waals surface area contributed by atoms with Crippen molar-refractivity contribution in [3.63, 3.8) is 0 Å². The molecular weight excluding hydrogens is 516 g/mol. The van der Waals surface area contributed by atoms with Crippen molar-refractivity contribution in [2.24, 2.45) is 7.05 Å². The van der Waals surface area contributed by atoms with Crippen molar-refractivity contribution in [2.75, 3.05) is 20.0 Å². The van der Waals surface area contributed by atoms with Crippen LogP contribution in [0.15, 0.2) is 76.0 Å². The number of benzene rings is 3. The highest BCUT2D eigenvalue weighted by Gasteiger charge is 2.32. The summed E-state index contributed by atoms with van der Waals surface area (Å²) in [6, 6.07) is 21.6. The molecule has 3 N–H and O–H groups in total. The number of thiophene rings is 1. The molecule has 0 atom stereocenters. The largest absolute Gasteiger partial charge is 0.497 e. The lowest BCUT2D eigenvalue weighted by atomic mass is 9.96.